The Morgan fingerprint density at radius 3 is 2.83 bits per heavy atom. The Morgan fingerprint density at radius 1 is 1.50 bits per heavy atom. The summed E-state index contributed by atoms with van der Waals surface area (Å²) in [7, 11) is 0. The highest BCUT2D eigenvalue weighted by molar-refractivity contribution is 8.14. The molecule has 0 saturated carbocycles. The van der Waals surface area contributed by atoms with E-state index in [1.54, 1.807) is 23.9 Å². The van der Waals surface area contributed by atoms with Gasteiger partial charge < -0.3 is 5.32 Å². The number of anilines is 1. The number of aliphatic imine (C=N–C) groups is 1. The molecule has 0 amide bonds. The number of nitrogens with one attached hydrogen (secondary N) is 1. The Hall–Kier alpha value is -1.18. The third-order valence-corrected chi connectivity index (χ3v) is 4.33. The van der Waals surface area contributed by atoms with Crippen molar-refractivity contribution in [2.45, 2.75) is 13.8 Å². The fourth-order valence-electron chi connectivity index (χ4n) is 1.52. The second-order valence-electron chi connectivity index (χ2n) is 5.01. The molecule has 1 aliphatic rings. The maximum atomic E-state index is 8.81. The topological polar surface area (TPSA) is 48.2 Å². The van der Waals surface area contributed by atoms with Gasteiger partial charge in [0.25, 0.3) is 0 Å². The predicted molar refractivity (Wildman–Crippen MR) is 78.3 cm³/mol. The number of nitrogens with zero attached hydrogens (tertiary/aromatic N) is 2. The third-order valence-electron chi connectivity index (χ3n) is 2.59. The number of hydrogen-bond donors (Lipinski definition) is 1. The molecule has 0 spiro atoms. The van der Waals surface area contributed by atoms with Gasteiger partial charge in [0.1, 0.15) is 6.07 Å². The molecule has 18 heavy (non-hydrogen) atoms. The molecule has 0 aliphatic carbocycles. The van der Waals surface area contributed by atoms with E-state index in [4.69, 9.17) is 16.9 Å². The highest BCUT2D eigenvalue weighted by Gasteiger charge is 2.23. The number of halogens is 1. The van der Waals surface area contributed by atoms with Crippen LogP contribution in [0.4, 0.5) is 5.69 Å². The lowest BCUT2D eigenvalue weighted by molar-refractivity contribution is 0.438. The average Bonchev–Trinajstić information content (AvgIpc) is 2.32. The van der Waals surface area contributed by atoms with E-state index in [9.17, 15) is 0 Å². The minimum Gasteiger partial charge on any atom is -0.335 e. The third kappa shape index (κ3) is 3.18. The van der Waals surface area contributed by atoms with Gasteiger partial charge in [0.15, 0.2) is 5.17 Å². The Morgan fingerprint density at radius 2 is 2.28 bits per heavy atom. The van der Waals surface area contributed by atoms with Crippen molar-refractivity contribution in [2.75, 3.05) is 17.6 Å². The molecule has 1 heterocycles. The number of hydrogen-bond acceptors (Lipinski definition) is 4. The molecule has 5 heteroatoms. The summed E-state index contributed by atoms with van der Waals surface area (Å²) in [6.45, 7) is 5.24. The highest BCUT2D eigenvalue weighted by Crippen LogP contribution is 2.29. The van der Waals surface area contributed by atoms with Crippen molar-refractivity contribution in [3.63, 3.8) is 0 Å². The fourth-order valence-corrected chi connectivity index (χ4v) is 2.71. The summed E-state index contributed by atoms with van der Waals surface area (Å²) in [5, 5.41) is 13.4. The summed E-state index contributed by atoms with van der Waals surface area (Å²) in [6, 6.07) is 7.35. The minimum absolute atomic E-state index is 0.262. The first kappa shape index (κ1) is 13.3. The molecular weight excluding hydrogens is 266 g/mol. The van der Waals surface area contributed by atoms with Gasteiger partial charge in [-0.05, 0) is 23.6 Å². The van der Waals surface area contributed by atoms with Crippen molar-refractivity contribution in [1.82, 2.24) is 0 Å². The number of benzene rings is 1. The van der Waals surface area contributed by atoms with Crippen LogP contribution in [0.3, 0.4) is 0 Å². The summed E-state index contributed by atoms with van der Waals surface area (Å²) in [6.07, 6.45) is 0. The molecule has 2 rings (SSSR count). The van der Waals surface area contributed by atoms with E-state index >= 15 is 0 Å². The van der Waals surface area contributed by atoms with Crippen LogP contribution in [0, 0.1) is 16.7 Å². The van der Waals surface area contributed by atoms with Gasteiger partial charge in [0.05, 0.1) is 10.6 Å². The Balaban J connectivity index is 2.09. The molecule has 0 saturated heterocycles. The predicted octanol–water partition coefficient (Wildman–Crippen LogP) is 3.75. The molecule has 0 radical (unpaired) electrons. The molecule has 3 nitrogen and oxygen atoms in total. The molecule has 1 aromatic carbocycles. The summed E-state index contributed by atoms with van der Waals surface area (Å²) in [5.74, 6) is 1.04. The molecule has 1 N–H and O–H groups in total. The van der Waals surface area contributed by atoms with E-state index in [1.807, 2.05) is 12.1 Å². The zero-order valence-electron chi connectivity index (χ0n) is 10.3. The van der Waals surface area contributed by atoms with Crippen molar-refractivity contribution in [3.05, 3.63) is 28.8 Å². The van der Waals surface area contributed by atoms with Gasteiger partial charge in [0, 0.05) is 18.0 Å². The Bertz CT molecular complexity index is 532. The van der Waals surface area contributed by atoms with E-state index < -0.39 is 0 Å². The quantitative estimate of drug-likeness (QED) is 0.852. The van der Waals surface area contributed by atoms with Gasteiger partial charge in [-0.2, -0.15) is 5.26 Å². The van der Waals surface area contributed by atoms with Crippen LogP contribution in [0.2, 0.25) is 5.02 Å². The molecule has 0 aromatic heterocycles. The normalized spacial score (nSPS) is 17.8. The minimum atomic E-state index is 0.262. The molecular formula is C13H14ClN3S. The molecule has 1 aliphatic heterocycles. The van der Waals surface area contributed by atoms with E-state index in [-0.39, 0.29) is 5.41 Å². The first-order valence-electron chi connectivity index (χ1n) is 5.64. The van der Waals surface area contributed by atoms with Crippen LogP contribution in [0.5, 0.6) is 0 Å². The lowest BCUT2D eigenvalue weighted by atomic mass is 9.97. The van der Waals surface area contributed by atoms with Gasteiger partial charge in [-0.25, -0.2) is 0 Å². The monoisotopic (exact) mass is 279 g/mol. The van der Waals surface area contributed by atoms with E-state index in [1.165, 1.54) is 0 Å². The largest absolute Gasteiger partial charge is 0.335 e. The van der Waals surface area contributed by atoms with Gasteiger partial charge in [-0.15, -0.1) is 0 Å². The number of rotatable bonds is 1. The molecule has 0 fully saturated rings. The number of thioether (sulfide) groups is 1. The number of amidine groups is 1. The second-order valence-corrected chi connectivity index (χ2v) is 6.38. The zero-order valence-corrected chi connectivity index (χ0v) is 11.9. The van der Waals surface area contributed by atoms with Crippen LogP contribution in [0.1, 0.15) is 19.4 Å². The van der Waals surface area contributed by atoms with E-state index in [2.05, 4.69) is 24.2 Å². The molecule has 0 unspecified atom stereocenters. The zero-order chi connectivity index (χ0) is 13.2. The second kappa shape index (κ2) is 5.21. The van der Waals surface area contributed by atoms with E-state index in [0.717, 1.165) is 23.2 Å². The van der Waals surface area contributed by atoms with Crippen LogP contribution >= 0.6 is 23.4 Å². The smallest absolute Gasteiger partial charge is 0.161 e. The van der Waals surface area contributed by atoms with Gasteiger partial charge in [-0.3, -0.25) is 4.99 Å². The lowest BCUT2D eigenvalue weighted by Gasteiger charge is -2.27. The molecule has 94 valence electrons. The van der Waals surface area contributed by atoms with Gasteiger partial charge in [-0.1, -0.05) is 37.2 Å². The van der Waals surface area contributed by atoms with E-state index in [0.29, 0.717) is 10.6 Å². The van der Waals surface area contributed by atoms with Crippen molar-refractivity contribution < 1.29 is 0 Å². The average molecular weight is 280 g/mol. The standard InChI is InChI=1S/C13H14ClN3S/c1-13(2)7-16-12(18-8-13)17-10-4-3-9(6-15)11(14)5-10/h3-5H,7-8H2,1-2H3,(H,16,17). The van der Waals surface area contributed by atoms with Crippen LogP contribution in [-0.4, -0.2) is 17.5 Å². The van der Waals surface area contributed by atoms with Crippen LogP contribution < -0.4 is 5.32 Å². The van der Waals surface area contributed by atoms with Crippen molar-refractivity contribution in [2.24, 2.45) is 10.4 Å². The van der Waals surface area contributed by atoms with Crippen molar-refractivity contribution in [1.29, 1.82) is 5.26 Å². The maximum Gasteiger partial charge on any atom is 0.161 e. The summed E-state index contributed by atoms with van der Waals surface area (Å²) in [5.41, 5.74) is 1.62. The first-order chi connectivity index (χ1) is 8.50. The SMILES string of the molecule is CC1(C)CN=C(Nc2ccc(C#N)c(Cl)c2)SC1. The summed E-state index contributed by atoms with van der Waals surface area (Å²) >= 11 is 7.69. The van der Waals surface area contributed by atoms with Crippen molar-refractivity contribution in [3.8, 4) is 6.07 Å². The van der Waals surface area contributed by atoms with Crippen LogP contribution in [-0.2, 0) is 0 Å². The fraction of sp³-hybridized carbons (Fsp3) is 0.385. The number of nitriles is 1. The first-order valence-corrected chi connectivity index (χ1v) is 7.00. The Kier molecular flexibility index (Phi) is 3.84. The van der Waals surface area contributed by atoms with Crippen molar-refractivity contribution >= 4 is 34.2 Å². The summed E-state index contributed by atoms with van der Waals surface area (Å²) in [4.78, 5) is 4.51. The highest BCUT2D eigenvalue weighted by atomic mass is 35.5. The molecule has 0 bridgehead atoms. The van der Waals surface area contributed by atoms with Gasteiger partial charge >= 0.3 is 0 Å². The van der Waals surface area contributed by atoms with Gasteiger partial charge in [0.2, 0.25) is 0 Å². The lowest BCUT2D eigenvalue weighted by Crippen LogP contribution is -2.27. The molecule has 1 aromatic rings. The van der Waals surface area contributed by atoms with Crippen LogP contribution in [0.25, 0.3) is 0 Å². The summed E-state index contributed by atoms with van der Waals surface area (Å²) < 4.78 is 0. The van der Waals surface area contributed by atoms with Crippen LogP contribution in [0.15, 0.2) is 23.2 Å². The molecule has 0 atom stereocenters. The Labute approximate surface area is 116 Å². The maximum absolute atomic E-state index is 8.81.